The van der Waals surface area contributed by atoms with Crippen LogP contribution in [0.1, 0.15) is 33.1 Å². The van der Waals surface area contributed by atoms with Crippen LogP contribution in [0.5, 0.6) is 0 Å². The molecule has 0 spiro atoms. The van der Waals surface area contributed by atoms with Gasteiger partial charge in [0.25, 0.3) is 0 Å². The zero-order valence-electron chi connectivity index (χ0n) is 10.9. The summed E-state index contributed by atoms with van der Waals surface area (Å²) in [6, 6.07) is 8.92. The minimum atomic E-state index is -0.617. The summed E-state index contributed by atoms with van der Waals surface area (Å²) in [6.07, 6.45) is 2.57. The molecule has 3 unspecified atom stereocenters. The Morgan fingerprint density at radius 3 is 2.67 bits per heavy atom. The molecule has 1 aliphatic carbocycles. The van der Waals surface area contributed by atoms with Crippen molar-refractivity contribution < 1.29 is 4.39 Å². The van der Waals surface area contributed by atoms with Gasteiger partial charge in [-0.05, 0) is 43.2 Å². The number of hydrogen-bond acceptors (Lipinski definition) is 2. The molecular weight excluding hydrogens is 227 g/mol. The van der Waals surface area contributed by atoms with Crippen LogP contribution >= 0.6 is 0 Å². The molecule has 1 aromatic rings. The Bertz CT molecular complexity index is 466. The van der Waals surface area contributed by atoms with Crippen LogP contribution in [0, 0.1) is 29.0 Å². The van der Waals surface area contributed by atoms with Gasteiger partial charge in [-0.25, -0.2) is 4.39 Å². The molecule has 2 rings (SSSR count). The van der Waals surface area contributed by atoms with Gasteiger partial charge in [0.1, 0.15) is 11.4 Å². The maximum atomic E-state index is 13.7. The molecule has 0 bridgehead atoms. The van der Waals surface area contributed by atoms with Crippen LogP contribution in [0.25, 0.3) is 0 Å². The normalized spacial score (nSPS) is 31.7. The van der Waals surface area contributed by atoms with Crippen molar-refractivity contribution in [2.24, 2.45) is 11.8 Å². The van der Waals surface area contributed by atoms with Crippen LogP contribution in [0.15, 0.2) is 24.3 Å². The highest BCUT2D eigenvalue weighted by Crippen LogP contribution is 2.38. The summed E-state index contributed by atoms with van der Waals surface area (Å²) in [4.78, 5) is 0. The fraction of sp³-hybridized carbons (Fsp3) is 0.533. The lowest BCUT2D eigenvalue weighted by Crippen LogP contribution is -2.43. The van der Waals surface area contributed by atoms with E-state index in [0.717, 1.165) is 19.3 Å². The second kappa shape index (κ2) is 4.97. The fourth-order valence-electron chi connectivity index (χ4n) is 2.67. The standard InChI is InChI=1S/C15H19FN2/c1-11-7-8-15(10-17,9-12(11)2)18-14-6-4-3-5-13(14)16/h3-6,11-12,18H,7-9H2,1-2H3. The Morgan fingerprint density at radius 1 is 1.33 bits per heavy atom. The Labute approximate surface area is 108 Å². The Hall–Kier alpha value is -1.56. The van der Waals surface area contributed by atoms with Gasteiger partial charge in [0, 0.05) is 0 Å². The molecular formula is C15H19FN2. The molecule has 96 valence electrons. The van der Waals surface area contributed by atoms with E-state index in [0.29, 0.717) is 17.5 Å². The lowest BCUT2D eigenvalue weighted by molar-refractivity contribution is 0.226. The van der Waals surface area contributed by atoms with Crippen LogP contribution < -0.4 is 5.32 Å². The lowest BCUT2D eigenvalue weighted by atomic mass is 9.72. The molecule has 1 aliphatic rings. The molecule has 0 heterocycles. The summed E-state index contributed by atoms with van der Waals surface area (Å²) < 4.78 is 13.7. The minimum absolute atomic E-state index is 0.293. The largest absolute Gasteiger partial charge is 0.365 e. The molecule has 1 N–H and O–H groups in total. The summed E-state index contributed by atoms with van der Waals surface area (Å²) in [5.74, 6) is 0.824. The second-order valence-electron chi connectivity index (χ2n) is 5.50. The maximum Gasteiger partial charge on any atom is 0.146 e. The van der Waals surface area contributed by atoms with Gasteiger partial charge in [-0.2, -0.15) is 5.26 Å². The van der Waals surface area contributed by atoms with Gasteiger partial charge in [0.15, 0.2) is 0 Å². The van der Waals surface area contributed by atoms with Crippen molar-refractivity contribution in [1.82, 2.24) is 0 Å². The monoisotopic (exact) mass is 246 g/mol. The van der Waals surface area contributed by atoms with E-state index in [1.165, 1.54) is 6.07 Å². The van der Waals surface area contributed by atoms with Crippen molar-refractivity contribution in [1.29, 1.82) is 5.26 Å². The number of benzene rings is 1. The van der Waals surface area contributed by atoms with Crippen LogP contribution in [0.2, 0.25) is 0 Å². The third-order valence-corrected chi connectivity index (χ3v) is 4.13. The molecule has 3 atom stereocenters. The third-order valence-electron chi connectivity index (χ3n) is 4.13. The number of nitrogens with one attached hydrogen (secondary N) is 1. The zero-order valence-corrected chi connectivity index (χ0v) is 10.9. The molecule has 1 aromatic carbocycles. The van der Waals surface area contributed by atoms with Crippen molar-refractivity contribution >= 4 is 5.69 Å². The van der Waals surface area contributed by atoms with E-state index in [9.17, 15) is 9.65 Å². The third kappa shape index (κ3) is 2.48. The van der Waals surface area contributed by atoms with Crippen LogP contribution in [-0.4, -0.2) is 5.54 Å². The van der Waals surface area contributed by atoms with Crippen molar-refractivity contribution in [3.63, 3.8) is 0 Å². The van der Waals surface area contributed by atoms with Gasteiger partial charge in [0.2, 0.25) is 0 Å². The molecule has 0 saturated heterocycles. The summed E-state index contributed by atoms with van der Waals surface area (Å²) in [5.41, 5.74) is -0.186. The highest BCUT2D eigenvalue weighted by atomic mass is 19.1. The molecule has 0 aromatic heterocycles. The molecule has 3 heteroatoms. The summed E-state index contributed by atoms with van der Waals surface area (Å²) in [5, 5.41) is 12.6. The Balaban J connectivity index is 2.20. The average Bonchev–Trinajstić information content (AvgIpc) is 2.37. The first kappa shape index (κ1) is 12.9. The summed E-state index contributed by atoms with van der Waals surface area (Å²) in [6.45, 7) is 4.38. The summed E-state index contributed by atoms with van der Waals surface area (Å²) >= 11 is 0. The van der Waals surface area contributed by atoms with E-state index < -0.39 is 5.54 Å². The Kier molecular flexibility index (Phi) is 3.56. The first-order valence-electron chi connectivity index (χ1n) is 6.50. The van der Waals surface area contributed by atoms with E-state index in [1.807, 2.05) is 0 Å². The summed E-state index contributed by atoms with van der Waals surface area (Å²) in [7, 11) is 0. The first-order valence-corrected chi connectivity index (χ1v) is 6.50. The number of rotatable bonds is 2. The van der Waals surface area contributed by atoms with Gasteiger partial charge >= 0.3 is 0 Å². The fourth-order valence-corrected chi connectivity index (χ4v) is 2.67. The van der Waals surface area contributed by atoms with E-state index in [-0.39, 0.29) is 5.82 Å². The smallest absolute Gasteiger partial charge is 0.146 e. The second-order valence-corrected chi connectivity index (χ2v) is 5.50. The zero-order chi connectivity index (χ0) is 13.2. The van der Waals surface area contributed by atoms with Gasteiger partial charge in [-0.15, -0.1) is 0 Å². The number of anilines is 1. The number of nitriles is 1. The van der Waals surface area contributed by atoms with Gasteiger partial charge in [-0.1, -0.05) is 26.0 Å². The molecule has 1 fully saturated rings. The molecule has 0 radical (unpaired) electrons. The van der Waals surface area contributed by atoms with Crippen LogP contribution in [0.4, 0.5) is 10.1 Å². The number of para-hydroxylation sites is 1. The number of nitrogens with zero attached hydrogens (tertiary/aromatic N) is 1. The molecule has 18 heavy (non-hydrogen) atoms. The van der Waals surface area contributed by atoms with Crippen molar-refractivity contribution in [3.8, 4) is 6.07 Å². The molecule has 2 nitrogen and oxygen atoms in total. The molecule has 0 amide bonds. The van der Waals surface area contributed by atoms with E-state index in [1.54, 1.807) is 18.2 Å². The minimum Gasteiger partial charge on any atom is -0.365 e. The maximum absolute atomic E-state index is 13.7. The van der Waals surface area contributed by atoms with E-state index in [2.05, 4.69) is 25.2 Å². The average molecular weight is 246 g/mol. The topological polar surface area (TPSA) is 35.8 Å². The van der Waals surface area contributed by atoms with Crippen LogP contribution in [-0.2, 0) is 0 Å². The predicted octanol–water partition coefficient (Wildman–Crippen LogP) is 3.96. The molecule has 1 saturated carbocycles. The van der Waals surface area contributed by atoms with E-state index >= 15 is 0 Å². The van der Waals surface area contributed by atoms with Gasteiger partial charge < -0.3 is 5.32 Å². The Morgan fingerprint density at radius 2 is 2.06 bits per heavy atom. The van der Waals surface area contributed by atoms with Gasteiger partial charge in [-0.3, -0.25) is 0 Å². The predicted molar refractivity (Wildman–Crippen MR) is 70.5 cm³/mol. The lowest BCUT2D eigenvalue weighted by Gasteiger charge is -2.39. The number of hydrogen-bond donors (Lipinski definition) is 1. The quantitative estimate of drug-likeness (QED) is 0.857. The van der Waals surface area contributed by atoms with Crippen molar-refractivity contribution in [2.45, 2.75) is 38.6 Å². The highest BCUT2D eigenvalue weighted by Gasteiger charge is 2.38. The van der Waals surface area contributed by atoms with Gasteiger partial charge in [0.05, 0.1) is 11.8 Å². The van der Waals surface area contributed by atoms with E-state index in [4.69, 9.17) is 0 Å². The SMILES string of the molecule is CC1CCC(C#N)(Nc2ccccc2F)CC1C. The van der Waals surface area contributed by atoms with Crippen molar-refractivity contribution in [3.05, 3.63) is 30.1 Å². The highest BCUT2D eigenvalue weighted by molar-refractivity contribution is 5.49. The number of halogens is 1. The van der Waals surface area contributed by atoms with Crippen molar-refractivity contribution in [2.75, 3.05) is 5.32 Å². The van der Waals surface area contributed by atoms with Crippen LogP contribution in [0.3, 0.4) is 0 Å². The molecule has 0 aliphatic heterocycles. The first-order chi connectivity index (χ1) is 8.56.